The Morgan fingerprint density at radius 1 is 0.741 bits per heavy atom. The number of rotatable bonds is 16. The average Bonchev–Trinajstić information content (AvgIpc) is 2.64. The van der Waals surface area contributed by atoms with Gasteiger partial charge in [-0.25, -0.2) is 0 Å². The topological polar surface area (TPSA) is 54.4 Å². The van der Waals surface area contributed by atoms with Crippen LogP contribution in [0.2, 0.25) is 0 Å². The summed E-state index contributed by atoms with van der Waals surface area (Å²) in [4.78, 5) is -0.0283. The lowest BCUT2D eigenvalue weighted by molar-refractivity contribution is 0.483. The summed E-state index contributed by atoms with van der Waals surface area (Å²) >= 11 is 0. The van der Waals surface area contributed by atoms with Crippen molar-refractivity contribution in [2.75, 3.05) is 0 Å². The molecule has 0 aliphatic rings. The molecule has 0 aromatic heterocycles. The highest BCUT2D eigenvalue weighted by atomic mass is 32.2. The van der Waals surface area contributed by atoms with Crippen LogP contribution in [0.25, 0.3) is 0 Å². The quantitative estimate of drug-likeness (QED) is 0.232. The molecule has 0 heterocycles. The third kappa shape index (κ3) is 11.5. The maximum atomic E-state index is 11.1. The van der Waals surface area contributed by atoms with Crippen molar-refractivity contribution in [2.45, 2.75) is 115 Å². The van der Waals surface area contributed by atoms with Gasteiger partial charge in [-0.05, 0) is 30.0 Å². The van der Waals surface area contributed by atoms with Crippen molar-refractivity contribution < 1.29 is 13.0 Å². The fourth-order valence-electron chi connectivity index (χ4n) is 3.60. The van der Waals surface area contributed by atoms with Gasteiger partial charge < -0.3 is 0 Å². The van der Waals surface area contributed by atoms with E-state index in [1.54, 1.807) is 0 Å². The van der Waals surface area contributed by atoms with E-state index in [-0.39, 0.29) is 4.90 Å². The number of benzene rings is 1. The molecule has 1 N–H and O–H groups in total. The summed E-state index contributed by atoms with van der Waals surface area (Å²) in [6.07, 6.45) is 18.9. The van der Waals surface area contributed by atoms with Gasteiger partial charge in [-0.1, -0.05) is 109 Å². The van der Waals surface area contributed by atoms with Gasteiger partial charge in [-0.2, -0.15) is 8.42 Å². The highest BCUT2D eigenvalue weighted by Crippen LogP contribution is 2.23. The van der Waals surface area contributed by atoms with E-state index in [1.165, 1.54) is 95.6 Å². The second kappa shape index (κ2) is 14.2. The second-order valence-electron chi connectivity index (χ2n) is 7.98. The first kappa shape index (κ1) is 24.2. The molecule has 1 aromatic rings. The van der Waals surface area contributed by atoms with Gasteiger partial charge in [-0.3, -0.25) is 4.55 Å². The molecule has 0 spiro atoms. The Kier molecular flexibility index (Phi) is 12.7. The molecule has 27 heavy (non-hydrogen) atoms. The highest BCUT2D eigenvalue weighted by molar-refractivity contribution is 7.85. The lowest BCUT2D eigenvalue weighted by Gasteiger charge is -2.12. The lowest BCUT2D eigenvalue weighted by Crippen LogP contribution is -1.99. The summed E-state index contributed by atoms with van der Waals surface area (Å²) in [7, 11) is -4.09. The molecule has 0 aliphatic heterocycles. The molecular formula is C23H40O3S. The maximum absolute atomic E-state index is 11.1. The van der Waals surface area contributed by atoms with Gasteiger partial charge in [0.2, 0.25) is 0 Å². The van der Waals surface area contributed by atoms with Crippen LogP contribution in [0.4, 0.5) is 0 Å². The summed E-state index contributed by atoms with van der Waals surface area (Å²) in [5.41, 5.74) is 1.14. The molecule has 0 bridgehead atoms. The van der Waals surface area contributed by atoms with E-state index in [1.807, 2.05) is 12.1 Å². The Balaban J connectivity index is 2.00. The van der Waals surface area contributed by atoms with E-state index in [0.717, 1.165) is 12.0 Å². The molecule has 0 amide bonds. The van der Waals surface area contributed by atoms with Crippen LogP contribution < -0.4 is 0 Å². The van der Waals surface area contributed by atoms with Crippen LogP contribution in [0, 0.1) is 0 Å². The summed E-state index contributed by atoms with van der Waals surface area (Å²) in [5, 5.41) is 0. The minimum absolute atomic E-state index is 0.0283. The van der Waals surface area contributed by atoms with E-state index in [0.29, 0.717) is 5.92 Å². The molecule has 1 aromatic carbocycles. The van der Waals surface area contributed by atoms with Gasteiger partial charge >= 0.3 is 0 Å². The minimum Gasteiger partial charge on any atom is -0.282 e. The van der Waals surface area contributed by atoms with E-state index in [4.69, 9.17) is 4.55 Å². The van der Waals surface area contributed by atoms with Gasteiger partial charge in [0, 0.05) is 0 Å². The molecule has 0 aliphatic carbocycles. The highest BCUT2D eigenvalue weighted by Gasteiger charge is 2.11. The molecule has 3 nitrogen and oxygen atoms in total. The molecule has 1 unspecified atom stereocenters. The lowest BCUT2D eigenvalue weighted by atomic mass is 9.94. The Morgan fingerprint density at radius 3 is 1.56 bits per heavy atom. The first-order valence-corrected chi connectivity index (χ1v) is 12.5. The number of hydrogen-bond donors (Lipinski definition) is 1. The van der Waals surface area contributed by atoms with Crippen molar-refractivity contribution in [3.63, 3.8) is 0 Å². The zero-order valence-corrected chi connectivity index (χ0v) is 18.3. The van der Waals surface area contributed by atoms with Gasteiger partial charge in [-0.15, -0.1) is 0 Å². The van der Waals surface area contributed by atoms with E-state index < -0.39 is 10.1 Å². The average molecular weight is 397 g/mol. The summed E-state index contributed by atoms with van der Waals surface area (Å²) in [6.45, 7) is 4.45. The van der Waals surface area contributed by atoms with Gasteiger partial charge in [0.15, 0.2) is 0 Å². The normalized spacial score (nSPS) is 13.0. The molecule has 0 radical (unpaired) electrons. The molecule has 1 atom stereocenters. The first-order valence-electron chi connectivity index (χ1n) is 11.0. The predicted molar refractivity (Wildman–Crippen MR) is 115 cm³/mol. The fourth-order valence-corrected chi connectivity index (χ4v) is 4.08. The summed E-state index contributed by atoms with van der Waals surface area (Å²) in [6, 6.07) is 6.61. The zero-order chi connectivity index (χ0) is 20.0. The molecule has 156 valence electrons. The van der Waals surface area contributed by atoms with Crippen molar-refractivity contribution in [1.29, 1.82) is 0 Å². The van der Waals surface area contributed by atoms with Crippen molar-refractivity contribution in [1.82, 2.24) is 0 Å². The van der Waals surface area contributed by atoms with Gasteiger partial charge in [0.1, 0.15) is 0 Å². The summed E-state index contributed by atoms with van der Waals surface area (Å²) < 4.78 is 31.2. The maximum Gasteiger partial charge on any atom is 0.294 e. The van der Waals surface area contributed by atoms with Gasteiger partial charge in [0.25, 0.3) is 10.1 Å². The predicted octanol–water partition coefficient (Wildman–Crippen LogP) is 7.52. The molecule has 1 rings (SSSR count). The van der Waals surface area contributed by atoms with Crippen molar-refractivity contribution in [3.05, 3.63) is 29.8 Å². The Labute approximate surface area is 167 Å². The van der Waals surface area contributed by atoms with Crippen LogP contribution in [0.1, 0.15) is 115 Å². The van der Waals surface area contributed by atoms with Crippen LogP contribution in [0.3, 0.4) is 0 Å². The van der Waals surface area contributed by atoms with E-state index >= 15 is 0 Å². The largest absolute Gasteiger partial charge is 0.294 e. The Hall–Kier alpha value is -0.870. The third-order valence-electron chi connectivity index (χ3n) is 5.49. The molecule has 0 fully saturated rings. The van der Waals surface area contributed by atoms with Crippen molar-refractivity contribution in [2.24, 2.45) is 0 Å². The van der Waals surface area contributed by atoms with Crippen LogP contribution in [0.5, 0.6) is 0 Å². The molecular weight excluding hydrogens is 356 g/mol. The van der Waals surface area contributed by atoms with Crippen LogP contribution in [0.15, 0.2) is 29.2 Å². The number of unbranched alkanes of at least 4 members (excludes halogenated alkanes) is 12. The Morgan fingerprint density at radius 2 is 1.15 bits per heavy atom. The molecule has 0 saturated heterocycles. The van der Waals surface area contributed by atoms with E-state index in [2.05, 4.69) is 13.8 Å². The van der Waals surface area contributed by atoms with Crippen molar-refractivity contribution >= 4 is 10.1 Å². The molecule has 0 saturated carbocycles. The van der Waals surface area contributed by atoms with Crippen molar-refractivity contribution in [3.8, 4) is 0 Å². The van der Waals surface area contributed by atoms with E-state index in [9.17, 15) is 8.42 Å². The SMILES string of the molecule is CCCCCCCCCCCCCCCC(C)c1ccc(S(=O)(=O)O)cc1. The Bertz CT molecular complexity index is 578. The third-order valence-corrected chi connectivity index (χ3v) is 6.36. The second-order valence-corrected chi connectivity index (χ2v) is 9.40. The first-order chi connectivity index (χ1) is 12.9. The minimum atomic E-state index is -4.09. The zero-order valence-electron chi connectivity index (χ0n) is 17.5. The monoisotopic (exact) mass is 396 g/mol. The van der Waals surface area contributed by atoms with Gasteiger partial charge in [0.05, 0.1) is 4.90 Å². The standard InChI is InChI=1S/C23H40O3S/c1-3-4-5-6-7-8-9-10-11-12-13-14-15-16-21(2)22-17-19-23(20-18-22)27(24,25)26/h17-21H,3-16H2,1-2H3,(H,24,25,26). The fraction of sp³-hybridized carbons (Fsp3) is 0.739. The number of hydrogen-bond acceptors (Lipinski definition) is 2. The smallest absolute Gasteiger partial charge is 0.282 e. The van der Waals surface area contributed by atoms with Crippen LogP contribution in [-0.2, 0) is 10.1 Å². The molecule has 4 heteroatoms. The van der Waals surface area contributed by atoms with Crippen LogP contribution in [-0.4, -0.2) is 13.0 Å². The van der Waals surface area contributed by atoms with Crippen LogP contribution >= 0.6 is 0 Å². The summed E-state index contributed by atoms with van der Waals surface area (Å²) in [5.74, 6) is 0.424.